The van der Waals surface area contributed by atoms with Gasteiger partial charge < -0.3 is 4.74 Å². The van der Waals surface area contributed by atoms with Crippen LogP contribution in [0.4, 0.5) is 0 Å². The molecule has 3 fully saturated rings. The van der Waals surface area contributed by atoms with Crippen LogP contribution in [0.1, 0.15) is 148 Å². The van der Waals surface area contributed by atoms with Crippen molar-refractivity contribution in [1.29, 1.82) is 5.26 Å². The molecule has 342 valence electrons. The Morgan fingerprint density at radius 1 is 0.508 bits per heavy atom. The molecule has 2 heterocycles. The molecular formula is C43H60N10O10. The van der Waals surface area contributed by atoms with Crippen molar-refractivity contribution < 1.29 is 19.1 Å². The highest BCUT2D eigenvalue weighted by Crippen LogP contribution is 2.35. The molecule has 0 amide bonds. The topological polar surface area (TPSA) is 253 Å². The van der Waals surface area contributed by atoms with Gasteiger partial charge in [-0.1, -0.05) is 46.5 Å². The maximum absolute atomic E-state index is 14.2. The molecule has 0 N–H and O–H groups in total. The summed E-state index contributed by atoms with van der Waals surface area (Å²) >= 11 is 0. The van der Waals surface area contributed by atoms with E-state index in [1.54, 1.807) is 18.4 Å². The quantitative estimate of drug-likeness (QED) is 0.0808. The predicted octanol–water partition coefficient (Wildman–Crippen LogP) is 3.17. The van der Waals surface area contributed by atoms with Crippen LogP contribution >= 0.6 is 0 Å². The number of hydrogen-bond acceptors (Lipinski definition) is 14. The minimum absolute atomic E-state index is 0.00883. The zero-order valence-corrected chi connectivity index (χ0v) is 36.6. The molecule has 0 aliphatic heterocycles. The van der Waals surface area contributed by atoms with E-state index in [-0.39, 0.29) is 56.7 Å². The molecule has 63 heavy (non-hydrogen) atoms. The lowest BCUT2D eigenvalue weighted by molar-refractivity contribution is 0.0477. The van der Waals surface area contributed by atoms with Crippen LogP contribution < -0.4 is 34.1 Å². The number of carbonyl (C=O) groups excluding carboxylic acids is 3. The molecule has 3 aliphatic carbocycles. The molecule has 3 aliphatic rings. The van der Waals surface area contributed by atoms with Crippen molar-refractivity contribution in [2.45, 2.75) is 186 Å². The number of aromatic nitrogens is 6. The van der Waals surface area contributed by atoms with Gasteiger partial charge in [-0.05, 0) is 94.8 Å². The molecule has 20 nitrogen and oxygen atoms in total. The summed E-state index contributed by atoms with van der Waals surface area (Å²) in [5, 5.41) is 9.27. The Hall–Kier alpha value is -5.75. The number of nitrogens with zero attached hydrogens (tertiary/aromatic N) is 10. The smallest absolute Gasteiger partial charge is 0.336 e. The van der Waals surface area contributed by atoms with Gasteiger partial charge in [-0.15, -0.1) is 0 Å². The van der Waals surface area contributed by atoms with Gasteiger partial charge in [0.1, 0.15) is 6.10 Å². The van der Waals surface area contributed by atoms with E-state index in [0.29, 0.717) is 90.0 Å². The summed E-state index contributed by atoms with van der Waals surface area (Å²) < 4.78 is 12.0. The van der Waals surface area contributed by atoms with Gasteiger partial charge in [-0.25, -0.2) is 85.5 Å². The van der Waals surface area contributed by atoms with Crippen LogP contribution in [-0.4, -0.2) is 70.4 Å². The van der Waals surface area contributed by atoms with Crippen LogP contribution in [-0.2, 0) is 38.8 Å². The number of isocyanates is 3. The molecule has 0 bridgehead atoms. The second-order valence-electron chi connectivity index (χ2n) is 17.7. The van der Waals surface area contributed by atoms with E-state index in [9.17, 15) is 48.4 Å². The van der Waals surface area contributed by atoms with Crippen molar-refractivity contribution in [3.8, 4) is 6.26 Å². The fourth-order valence-corrected chi connectivity index (χ4v) is 9.78. The van der Waals surface area contributed by atoms with E-state index in [2.05, 4.69) is 15.0 Å². The molecule has 0 aromatic carbocycles. The molecule has 2 aromatic heterocycles. The zero-order valence-electron chi connectivity index (χ0n) is 36.6. The van der Waals surface area contributed by atoms with E-state index in [1.165, 1.54) is 6.08 Å². The van der Waals surface area contributed by atoms with Gasteiger partial charge in [0.15, 0.2) is 0 Å². The summed E-state index contributed by atoms with van der Waals surface area (Å²) in [6.45, 7) is 6.26. The summed E-state index contributed by atoms with van der Waals surface area (Å²) in [6.07, 6.45) is 14.2. The molecule has 0 radical (unpaired) electrons. The Kier molecular flexibility index (Phi) is 17.7. The Labute approximate surface area is 363 Å². The maximum atomic E-state index is 14.2. The lowest BCUT2D eigenvalue weighted by Crippen LogP contribution is -2.57. The van der Waals surface area contributed by atoms with Crippen LogP contribution in [0, 0.1) is 29.3 Å². The highest BCUT2D eigenvalue weighted by atomic mass is 16.5. The van der Waals surface area contributed by atoms with Crippen molar-refractivity contribution in [2.75, 3.05) is 6.54 Å². The monoisotopic (exact) mass is 876 g/mol. The fourth-order valence-electron chi connectivity index (χ4n) is 9.78. The normalized spacial score (nSPS) is 25.8. The second-order valence-corrected chi connectivity index (χ2v) is 17.7. The highest BCUT2D eigenvalue weighted by Gasteiger charge is 2.36. The first-order valence-corrected chi connectivity index (χ1v) is 22.5. The van der Waals surface area contributed by atoms with Crippen molar-refractivity contribution in [3.63, 3.8) is 0 Å². The Morgan fingerprint density at radius 3 is 1.33 bits per heavy atom. The number of unbranched alkanes of at least 4 members (excludes halogenated alkanes) is 6. The van der Waals surface area contributed by atoms with Crippen LogP contribution in [0.2, 0.25) is 0 Å². The lowest BCUT2D eigenvalue weighted by atomic mass is 9.83. The standard InChI is InChI=1S/C43H60N10O10/c1-29-12-15-32(22-35(29)46-27-55)51-39(58)48(19-9-5-4-8-18-45-26-54)38(57)49(40(51)59)20-10-6-7-11-21-50-41(60)52(33-16-13-30(2)36(23-33)47-28-56)43(62)53(42(50)61)34-17-14-31(3)37(24-34)63-25-44/h29-37H,4-24H2,1-3H3. The highest BCUT2D eigenvalue weighted by molar-refractivity contribution is 5.34. The summed E-state index contributed by atoms with van der Waals surface area (Å²) in [5.41, 5.74) is -4.38. The molecule has 9 atom stereocenters. The predicted molar refractivity (Wildman–Crippen MR) is 229 cm³/mol. The molecule has 20 heteroatoms. The third-order valence-electron chi connectivity index (χ3n) is 13.7. The van der Waals surface area contributed by atoms with Crippen LogP contribution in [0.25, 0.3) is 0 Å². The van der Waals surface area contributed by atoms with Gasteiger partial charge in [0.05, 0.1) is 18.6 Å². The zero-order chi connectivity index (χ0) is 45.6. The maximum Gasteiger partial charge on any atom is 0.336 e. The largest absolute Gasteiger partial charge is 0.424 e. The van der Waals surface area contributed by atoms with E-state index >= 15 is 0 Å². The molecule has 0 spiro atoms. The van der Waals surface area contributed by atoms with Gasteiger partial charge in [0.25, 0.3) is 6.26 Å². The Bertz CT molecular complexity index is 2470. The Morgan fingerprint density at radius 2 is 0.905 bits per heavy atom. The first-order chi connectivity index (χ1) is 30.4. The number of nitriles is 1. The van der Waals surface area contributed by atoms with Crippen molar-refractivity contribution in [2.24, 2.45) is 32.7 Å². The first kappa shape index (κ1) is 48.3. The number of ether oxygens (including phenoxy) is 1. The molecule has 2 aromatic rings. The summed E-state index contributed by atoms with van der Waals surface area (Å²) in [6, 6.07) is -2.66. The molecule has 9 unspecified atom stereocenters. The SMILES string of the molecule is CC1CCC(n2c(=O)n(CCCCCCN=C=O)c(=O)n(CCCCCCn3c(=O)n(C4CCC(C)C(N=C=O)C4)c(=O)n(C4CCC(C)C(OC#N)C4)c3=O)c2=O)CC1N=C=O. The summed E-state index contributed by atoms with van der Waals surface area (Å²) in [4.78, 5) is 128. The molecular weight excluding hydrogens is 817 g/mol. The third-order valence-corrected chi connectivity index (χ3v) is 13.7. The second kappa shape index (κ2) is 23.1. The number of hydrogen-bond donors (Lipinski definition) is 0. The Balaban J connectivity index is 1.36. The van der Waals surface area contributed by atoms with E-state index < -0.39 is 70.5 Å². The van der Waals surface area contributed by atoms with Crippen molar-refractivity contribution in [1.82, 2.24) is 27.4 Å². The van der Waals surface area contributed by atoms with E-state index in [4.69, 9.17) is 4.74 Å². The summed E-state index contributed by atoms with van der Waals surface area (Å²) in [7, 11) is 0. The molecule has 5 rings (SSSR count). The summed E-state index contributed by atoms with van der Waals surface area (Å²) in [5.74, 6) is 0.110. The number of rotatable bonds is 20. The minimum Gasteiger partial charge on any atom is -0.424 e. The molecule has 3 saturated carbocycles. The third kappa shape index (κ3) is 11.4. The minimum atomic E-state index is -0.745. The van der Waals surface area contributed by atoms with Gasteiger partial charge in [-0.2, -0.15) is 5.26 Å². The first-order valence-electron chi connectivity index (χ1n) is 22.5. The van der Waals surface area contributed by atoms with Crippen LogP contribution in [0.15, 0.2) is 43.7 Å². The van der Waals surface area contributed by atoms with Gasteiger partial charge >= 0.3 is 34.1 Å². The fraction of sp³-hybridized carbons (Fsp3) is 0.767. The van der Waals surface area contributed by atoms with E-state index in [1.807, 2.05) is 20.8 Å². The van der Waals surface area contributed by atoms with E-state index in [0.717, 1.165) is 33.8 Å². The average molecular weight is 877 g/mol. The average Bonchev–Trinajstić information content (AvgIpc) is 3.25. The van der Waals surface area contributed by atoms with Gasteiger partial charge in [0.2, 0.25) is 18.2 Å². The van der Waals surface area contributed by atoms with Crippen LogP contribution in [0.3, 0.4) is 0 Å². The lowest BCUT2D eigenvalue weighted by Gasteiger charge is -2.35. The van der Waals surface area contributed by atoms with Crippen molar-refractivity contribution in [3.05, 3.63) is 62.9 Å². The van der Waals surface area contributed by atoms with Crippen LogP contribution in [0.5, 0.6) is 0 Å². The van der Waals surface area contributed by atoms with Gasteiger partial charge in [0, 0.05) is 44.2 Å². The van der Waals surface area contributed by atoms with Crippen molar-refractivity contribution >= 4 is 18.2 Å². The van der Waals surface area contributed by atoms with Gasteiger partial charge in [-0.3, -0.25) is 0 Å². The number of aliphatic imine (C=N–C) groups is 3. The molecule has 0 saturated heterocycles.